The summed E-state index contributed by atoms with van der Waals surface area (Å²) in [7, 11) is 0. The summed E-state index contributed by atoms with van der Waals surface area (Å²) in [4.78, 5) is 38.5. The molecule has 0 aliphatic rings. The minimum Gasteiger partial charge on any atom is -0.479 e. The fraction of sp³-hybridized carbons (Fsp3) is 0.444. The molecule has 1 unspecified atom stereocenters. The number of carbonyl (C=O) groups is 3. The van der Waals surface area contributed by atoms with E-state index in [-0.39, 0.29) is 19.3 Å². The number of Topliss-reactive ketones (excluding diaryl/α,β-unsaturated/α-hetero) is 1. The second-order valence-corrected chi connectivity index (χ2v) is 6.89. The maximum atomic E-state index is 12.2. The van der Waals surface area contributed by atoms with Crippen LogP contribution in [0.1, 0.15) is 39.2 Å². The van der Waals surface area contributed by atoms with Gasteiger partial charge in [-0.05, 0) is 32.8 Å². The fourth-order valence-corrected chi connectivity index (χ4v) is 2.34. The molecule has 1 aromatic carbocycles. The third kappa shape index (κ3) is 6.86. The van der Waals surface area contributed by atoms with Crippen molar-refractivity contribution in [3.05, 3.63) is 41.4 Å². The van der Waals surface area contributed by atoms with Crippen molar-refractivity contribution in [2.45, 2.75) is 51.2 Å². The van der Waals surface area contributed by atoms with Crippen LogP contribution < -0.4 is 5.32 Å². The number of carbonyl (C=O) groups excluding carboxylic acids is 2. The Hall–Kier alpha value is -2.99. The van der Waals surface area contributed by atoms with Crippen LogP contribution in [0, 0.1) is 0 Å². The minimum atomic E-state index is -1.75. The molecule has 8 nitrogen and oxygen atoms in total. The molecule has 0 bridgehead atoms. The van der Waals surface area contributed by atoms with Gasteiger partial charge >= 0.3 is 18.3 Å². The summed E-state index contributed by atoms with van der Waals surface area (Å²) in [6.45, 7) is 4.98. The largest absolute Gasteiger partial charge is 0.479 e. The Morgan fingerprint density at radius 3 is 2.35 bits per heavy atom. The molecule has 0 heterocycles. The first-order valence-electron chi connectivity index (χ1n) is 8.07. The Morgan fingerprint density at radius 2 is 1.85 bits per heavy atom. The monoisotopic (exact) mass is 361 g/mol. The van der Waals surface area contributed by atoms with E-state index in [1.807, 2.05) is 0 Å². The van der Waals surface area contributed by atoms with Gasteiger partial charge in [0.2, 0.25) is 5.78 Å². The van der Waals surface area contributed by atoms with Gasteiger partial charge in [0.15, 0.2) is 0 Å². The number of hydrogen-bond donors (Lipinski definition) is 2. The Bertz CT molecular complexity index is 705. The van der Waals surface area contributed by atoms with E-state index in [1.165, 1.54) is 0 Å². The van der Waals surface area contributed by atoms with E-state index in [9.17, 15) is 19.5 Å². The zero-order valence-corrected chi connectivity index (χ0v) is 15.1. The van der Waals surface area contributed by atoms with Crippen molar-refractivity contribution in [2.75, 3.05) is 0 Å². The van der Waals surface area contributed by atoms with Gasteiger partial charge < -0.3 is 20.7 Å². The van der Waals surface area contributed by atoms with Crippen LogP contribution in [0.3, 0.4) is 0 Å². The van der Waals surface area contributed by atoms with Crippen LogP contribution in [-0.2, 0) is 20.7 Å². The highest BCUT2D eigenvalue weighted by atomic mass is 16.6. The van der Waals surface area contributed by atoms with Crippen LogP contribution in [0.2, 0.25) is 0 Å². The number of aliphatic carboxylic acids is 1. The van der Waals surface area contributed by atoms with E-state index in [4.69, 9.17) is 10.3 Å². The summed E-state index contributed by atoms with van der Waals surface area (Å²) in [5, 5.41) is 12.2. The summed E-state index contributed by atoms with van der Waals surface area (Å²) >= 11 is 0. The first kappa shape index (κ1) is 21.1. The molecule has 1 rings (SSSR count). The van der Waals surface area contributed by atoms with Gasteiger partial charge in [-0.3, -0.25) is 4.79 Å². The van der Waals surface area contributed by atoms with Crippen molar-refractivity contribution in [3.8, 4) is 0 Å². The van der Waals surface area contributed by atoms with Gasteiger partial charge in [-0.15, -0.1) is 0 Å². The molecule has 1 aromatic rings. The number of carboxylic acid groups (broad SMARTS) is 1. The average Bonchev–Trinajstić information content (AvgIpc) is 2.52. The number of rotatable bonds is 8. The smallest absolute Gasteiger partial charge is 0.408 e. The second kappa shape index (κ2) is 8.92. The van der Waals surface area contributed by atoms with Gasteiger partial charge in [0.1, 0.15) is 11.1 Å². The Kier molecular flexibility index (Phi) is 7.22. The topological polar surface area (TPSA) is 129 Å². The SMILES string of the molecule is CC(C)(C)OC(=O)NC(CCC(=O)C=[N+]=[N-])(Cc1ccccc1)C(=O)O. The van der Waals surface area contributed by atoms with Gasteiger partial charge in [0.25, 0.3) is 0 Å². The highest BCUT2D eigenvalue weighted by Crippen LogP contribution is 2.22. The molecule has 140 valence electrons. The number of ether oxygens (including phenoxy) is 1. The number of alkyl carbamates (subject to hydrolysis) is 1. The quantitative estimate of drug-likeness (QED) is 0.417. The van der Waals surface area contributed by atoms with E-state index in [0.29, 0.717) is 11.8 Å². The molecule has 1 atom stereocenters. The Labute approximate surface area is 151 Å². The highest BCUT2D eigenvalue weighted by Gasteiger charge is 2.41. The van der Waals surface area contributed by atoms with Gasteiger partial charge in [-0.25, -0.2) is 9.59 Å². The average molecular weight is 361 g/mol. The lowest BCUT2D eigenvalue weighted by atomic mass is 9.85. The van der Waals surface area contributed by atoms with Crippen LogP contribution in [0.4, 0.5) is 4.79 Å². The minimum absolute atomic E-state index is 0.0357. The zero-order chi connectivity index (χ0) is 19.8. The van der Waals surface area contributed by atoms with Crippen LogP contribution in [0.25, 0.3) is 5.53 Å². The van der Waals surface area contributed by atoms with E-state index >= 15 is 0 Å². The van der Waals surface area contributed by atoms with Crippen molar-refractivity contribution < 1.29 is 29.0 Å². The van der Waals surface area contributed by atoms with Crippen molar-refractivity contribution in [3.63, 3.8) is 0 Å². The number of nitrogens with one attached hydrogen (secondary N) is 1. The van der Waals surface area contributed by atoms with E-state index in [0.717, 1.165) is 0 Å². The molecule has 0 aromatic heterocycles. The molecule has 0 saturated carbocycles. The van der Waals surface area contributed by atoms with Crippen LogP contribution in [0.15, 0.2) is 30.3 Å². The van der Waals surface area contributed by atoms with E-state index in [1.54, 1.807) is 51.1 Å². The van der Waals surface area contributed by atoms with Gasteiger partial charge in [0.05, 0.1) is 0 Å². The third-order valence-corrected chi connectivity index (χ3v) is 3.50. The standard InChI is InChI=1S/C18H23N3O5/c1-17(2,3)26-16(25)21-18(15(23)24,10-9-14(22)12-20-19)11-13-7-5-4-6-8-13/h4-8,12H,9-11H2,1-3H3,(H,21,25)(H,23,24). The predicted octanol–water partition coefficient (Wildman–Crippen LogP) is 2.23. The first-order chi connectivity index (χ1) is 12.1. The predicted molar refractivity (Wildman–Crippen MR) is 93.8 cm³/mol. The van der Waals surface area contributed by atoms with Crippen LogP contribution >= 0.6 is 0 Å². The maximum absolute atomic E-state index is 12.2. The third-order valence-electron chi connectivity index (χ3n) is 3.50. The maximum Gasteiger partial charge on any atom is 0.408 e. The molecule has 0 spiro atoms. The van der Waals surface area contributed by atoms with Crippen molar-refractivity contribution >= 4 is 24.1 Å². The van der Waals surface area contributed by atoms with E-state index < -0.39 is 29.0 Å². The number of ketones is 1. The first-order valence-corrected chi connectivity index (χ1v) is 8.07. The van der Waals surface area contributed by atoms with Crippen molar-refractivity contribution in [2.24, 2.45) is 0 Å². The van der Waals surface area contributed by atoms with Gasteiger partial charge in [-0.1, -0.05) is 30.3 Å². The Balaban J connectivity index is 3.13. The molecular formula is C18H23N3O5. The van der Waals surface area contributed by atoms with E-state index in [2.05, 4.69) is 10.1 Å². The Morgan fingerprint density at radius 1 is 1.23 bits per heavy atom. The number of hydrogen-bond acceptors (Lipinski definition) is 4. The molecule has 0 saturated heterocycles. The summed E-state index contributed by atoms with van der Waals surface area (Å²) in [5.41, 5.74) is 6.55. The lowest BCUT2D eigenvalue weighted by Gasteiger charge is -2.31. The van der Waals surface area contributed by atoms with Crippen LogP contribution in [-0.4, -0.2) is 45.1 Å². The highest BCUT2D eigenvalue weighted by molar-refractivity contribution is 6.25. The summed E-state index contributed by atoms with van der Waals surface area (Å²) in [6.07, 6.45) is -0.645. The van der Waals surface area contributed by atoms with Gasteiger partial charge in [-0.2, -0.15) is 4.79 Å². The molecule has 2 N–H and O–H groups in total. The van der Waals surface area contributed by atoms with Crippen molar-refractivity contribution in [1.82, 2.24) is 5.32 Å². The second-order valence-electron chi connectivity index (χ2n) is 6.89. The molecule has 1 amide bonds. The lowest BCUT2D eigenvalue weighted by Crippen LogP contribution is -2.57. The number of nitrogens with zero attached hydrogens (tertiary/aromatic N) is 2. The molecule has 0 aliphatic heterocycles. The zero-order valence-electron chi connectivity index (χ0n) is 15.1. The molecule has 8 heteroatoms. The fourth-order valence-electron chi connectivity index (χ4n) is 2.34. The lowest BCUT2D eigenvalue weighted by molar-refractivity contribution is -0.145. The molecule has 0 aliphatic carbocycles. The number of benzene rings is 1. The molecule has 0 radical (unpaired) electrons. The molecule has 26 heavy (non-hydrogen) atoms. The van der Waals surface area contributed by atoms with Gasteiger partial charge in [0, 0.05) is 12.8 Å². The number of carboxylic acids is 1. The summed E-state index contributed by atoms with van der Waals surface area (Å²) in [5.74, 6) is -1.85. The normalized spacial score (nSPS) is 13.0. The van der Waals surface area contributed by atoms with Crippen molar-refractivity contribution in [1.29, 1.82) is 0 Å². The van der Waals surface area contributed by atoms with Crippen LogP contribution in [0.5, 0.6) is 0 Å². The molecular weight excluding hydrogens is 338 g/mol. The summed E-state index contributed by atoms with van der Waals surface area (Å²) in [6, 6.07) is 8.74. The number of amides is 1. The summed E-state index contributed by atoms with van der Waals surface area (Å²) < 4.78 is 5.17. The molecule has 0 fully saturated rings.